The lowest BCUT2D eigenvalue weighted by atomic mass is 10.0. The maximum atomic E-state index is 13.8. The molecule has 5 rings (SSSR count). The normalized spacial score (nSPS) is 13.7. The van der Waals surface area contributed by atoms with Crippen molar-refractivity contribution in [3.63, 3.8) is 0 Å². The van der Waals surface area contributed by atoms with Gasteiger partial charge in [0.1, 0.15) is 5.82 Å². The number of hydrogen-bond donors (Lipinski definition) is 1. The third kappa shape index (κ3) is 3.98. The molecule has 0 aliphatic carbocycles. The lowest BCUT2D eigenvalue weighted by molar-refractivity contribution is 0.0594. The van der Waals surface area contributed by atoms with E-state index in [-0.39, 0.29) is 23.1 Å². The smallest absolute Gasteiger partial charge is 0.360 e. The molecule has 9 nitrogen and oxygen atoms in total. The van der Waals surface area contributed by atoms with Gasteiger partial charge in [0.25, 0.3) is 5.56 Å². The Morgan fingerprint density at radius 1 is 1.17 bits per heavy atom. The van der Waals surface area contributed by atoms with E-state index in [2.05, 4.69) is 10.4 Å². The number of aryl methyl sites for hydroxylation is 2. The number of esters is 1. The van der Waals surface area contributed by atoms with Crippen molar-refractivity contribution in [1.29, 1.82) is 0 Å². The van der Waals surface area contributed by atoms with Gasteiger partial charge in [0.2, 0.25) is 5.95 Å². The number of fused-ring (bicyclic) bond motifs is 2. The summed E-state index contributed by atoms with van der Waals surface area (Å²) in [4.78, 5) is 32.6. The van der Waals surface area contributed by atoms with E-state index >= 15 is 0 Å². The maximum Gasteiger partial charge on any atom is 0.360 e. The zero-order valence-electron chi connectivity index (χ0n) is 20.8. The molecule has 36 heavy (non-hydrogen) atoms. The fourth-order valence-electron chi connectivity index (χ4n) is 4.81. The molecule has 0 fully saturated rings. The average molecular weight is 491 g/mol. The number of aromatic nitrogens is 4. The van der Waals surface area contributed by atoms with Crippen LogP contribution in [0.15, 0.2) is 41.3 Å². The van der Waals surface area contributed by atoms with Crippen LogP contribution in [0.25, 0.3) is 10.9 Å². The Morgan fingerprint density at radius 3 is 2.67 bits per heavy atom. The molecule has 1 N–H and O–H groups in total. The first-order chi connectivity index (χ1) is 17.2. The van der Waals surface area contributed by atoms with Gasteiger partial charge in [0.05, 0.1) is 29.7 Å². The Balaban J connectivity index is 1.58. The Bertz CT molecular complexity index is 1570. The van der Waals surface area contributed by atoms with Crippen molar-refractivity contribution in [3.05, 3.63) is 80.6 Å². The van der Waals surface area contributed by atoms with Crippen molar-refractivity contribution >= 4 is 28.5 Å². The number of halogens is 1. The Labute approximate surface area is 207 Å². The SMILES string of the molecule is COC(=O)c1nn(C)cc1NC(C)c1cc(C)cc2c(=O)n(C)c(N3Cc4ccc(F)cc4C3)nc12. The standard InChI is InChI=1S/C26H27FN6O3/c1-14-8-19(15(2)28-21-13-31(3)30-23(21)25(35)36-5)22-20(9-14)24(34)32(4)26(29-22)33-11-16-6-7-18(27)10-17(16)12-33/h6-10,13,15,28H,11-12H2,1-5H3. The van der Waals surface area contributed by atoms with Gasteiger partial charge >= 0.3 is 5.97 Å². The Morgan fingerprint density at radius 2 is 1.92 bits per heavy atom. The molecule has 186 valence electrons. The van der Waals surface area contributed by atoms with E-state index in [0.29, 0.717) is 35.6 Å². The van der Waals surface area contributed by atoms with Crippen molar-refractivity contribution in [1.82, 2.24) is 19.3 Å². The number of carbonyl (C=O) groups excluding carboxylic acids is 1. The van der Waals surface area contributed by atoms with Gasteiger partial charge in [-0.3, -0.25) is 14.0 Å². The van der Waals surface area contributed by atoms with Crippen LogP contribution in [0.2, 0.25) is 0 Å². The molecule has 0 amide bonds. The number of ether oxygens (including phenoxy) is 1. The molecule has 1 atom stereocenters. The molecule has 10 heteroatoms. The van der Waals surface area contributed by atoms with E-state index in [9.17, 15) is 14.0 Å². The third-order valence-electron chi connectivity index (χ3n) is 6.55. The van der Waals surface area contributed by atoms with Crippen LogP contribution in [0.1, 0.15) is 45.7 Å². The molecular weight excluding hydrogens is 463 g/mol. The second kappa shape index (κ2) is 8.78. The minimum atomic E-state index is -0.543. The highest BCUT2D eigenvalue weighted by Gasteiger charge is 2.26. The Kier molecular flexibility index (Phi) is 5.74. The monoisotopic (exact) mass is 490 g/mol. The number of carbonyl (C=O) groups is 1. The van der Waals surface area contributed by atoms with E-state index in [4.69, 9.17) is 9.72 Å². The first-order valence-electron chi connectivity index (χ1n) is 11.6. The predicted octanol–water partition coefficient (Wildman–Crippen LogP) is 3.59. The van der Waals surface area contributed by atoms with Crippen LogP contribution in [0.4, 0.5) is 16.0 Å². The molecular formula is C26H27FN6O3. The molecule has 0 bridgehead atoms. The van der Waals surface area contributed by atoms with Crippen molar-refractivity contribution in [3.8, 4) is 0 Å². The number of nitrogens with one attached hydrogen (secondary N) is 1. The molecule has 0 radical (unpaired) electrons. The van der Waals surface area contributed by atoms with Gasteiger partial charge in [0.15, 0.2) is 5.69 Å². The number of nitrogens with zero attached hydrogens (tertiary/aromatic N) is 5. The van der Waals surface area contributed by atoms with Crippen LogP contribution >= 0.6 is 0 Å². The minimum Gasteiger partial charge on any atom is -0.464 e. The summed E-state index contributed by atoms with van der Waals surface area (Å²) in [6.45, 7) is 4.87. The van der Waals surface area contributed by atoms with Crippen molar-refractivity contribution in [2.45, 2.75) is 33.0 Å². The van der Waals surface area contributed by atoms with Crippen molar-refractivity contribution in [2.75, 3.05) is 17.3 Å². The molecule has 0 saturated carbocycles. The molecule has 4 aromatic rings. The van der Waals surface area contributed by atoms with Crippen molar-refractivity contribution < 1.29 is 13.9 Å². The van der Waals surface area contributed by atoms with E-state index in [0.717, 1.165) is 22.3 Å². The lowest BCUT2D eigenvalue weighted by Crippen LogP contribution is -2.28. The lowest BCUT2D eigenvalue weighted by Gasteiger charge is -2.22. The van der Waals surface area contributed by atoms with Crippen LogP contribution < -0.4 is 15.8 Å². The molecule has 0 spiro atoms. The van der Waals surface area contributed by atoms with E-state index in [1.165, 1.54) is 23.9 Å². The second-order valence-electron chi connectivity index (χ2n) is 9.22. The molecule has 1 aliphatic heterocycles. The highest BCUT2D eigenvalue weighted by Crippen LogP contribution is 2.31. The molecule has 0 saturated heterocycles. The minimum absolute atomic E-state index is 0.161. The summed E-state index contributed by atoms with van der Waals surface area (Å²) in [5.41, 5.74) is 4.73. The van der Waals surface area contributed by atoms with Crippen LogP contribution in [0.5, 0.6) is 0 Å². The van der Waals surface area contributed by atoms with Gasteiger partial charge in [-0.1, -0.05) is 12.1 Å². The topological polar surface area (TPSA) is 94.3 Å². The van der Waals surface area contributed by atoms with Crippen LogP contribution in [0.3, 0.4) is 0 Å². The largest absolute Gasteiger partial charge is 0.464 e. The summed E-state index contributed by atoms with van der Waals surface area (Å²) >= 11 is 0. The molecule has 2 aromatic carbocycles. The van der Waals surface area contributed by atoms with Gasteiger partial charge in [-0.25, -0.2) is 14.2 Å². The van der Waals surface area contributed by atoms with E-state index in [1.54, 1.807) is 30.9 Å². The summed E-state index contributed by atoms with van der Waals surface area (Å²) in [5.74, 6) is -0.313. The average Bonchev–Trinajstić information content (AvgIpc) is 3.43. The zero-order chi connectivity index (χ0) is 25.7. The number of hydrogen-bond acceptors (Lipinski definition) is 7. The van der Waals surface area contributed by atoms with E-state index < -0.39 is 5.97 Å². The predicted molar refractivity (Wildman–Crippen MR) is 135 cm³/mol. The second-order valence-corrected chi connectivity index (χ2v) is 9.22. The Hall–Kier alpha value is -4.21. The number of benzene rings is 2. The van der Waals surface area contributed by atoms with Gasteiger partial charge in [-0.2, -0.15) is 5.10 Å². The fraction of sp³-hybridized carbons (Fsp3) is 0.308. The number of anilines is 2. The van der Waals surface area contributed by atoms with Gasteiger partial charge in [0, 0.05) is 38.9 Å². The first kappa shape index (κ1) is 23.5. The third-order valence-corrected chi connectivity index (χ3v) is 6.55. The summed E-state index contributed by atoms with van der Waals surface area (Å²) < 4.78 is 21.7. The summed E-state index contributed by atoms with van der Waals surface area (Å²) in [7, 11) is 4.74. The number of methoxy groups -OCH3 is 1. The highest BCUT2D eigenvalue weighted by atomic mass is 19.1. The fourth-order valence-corrected chi connectivity index (χ4v) is 4.81. The number of rotatable bonds is 5. The van der Waals surface area contributed by atoms with Gasteiger partial charge in [-0.05, 0) is 48.7 Å². The zero-order valence-corrected chi connectivity index (χ0v) is 20.8. The van der Waals surface area contributed by atoms with E-state index in [1.807, 2.05) is 30.9 Å². The maximum absolute atomic E-state index is 13.8. The first-order valence-corrected chi connectivity index (χ1v) is 11.6. The quantitative estimate of drug-likeness (QED) is 0.427. The van der Waals surface area contributed by atoms with Crippen LogP contribution in [0, 0.1) is 12.7 Å². The molecule has 2 aromatic heterocycles. The van der Waals surface area contributed by atoms with Crippen molar-refractivity contribution in [2.24, 2.45) is 14.1 Å². The summed E-state index contributed by atoms with van der Waals surface area (Å²) in [6.07, 6.45) is 1.71. The molecule has 1 unspecified atom stereocenters. The van der Waals surface area contributed by atoms with Crippen LogP contribution in [-0.4, -0.2) is 32.4 Å². The highest BCUT2D eigenvalue weighted by molar-refractivity contribution is 5.93. The summed E-state index contributed by atoms with van der Waals surface area (Å²) in [6, 6.07) is 8.27. The molecule has 1 aliphatic rings. The summed E-state index contributed by atoms with van der Waals surface area (Å²) in [5, 5.41) is 8.05. The van der Waals surface area contributed by atoms with Gasteiger partial charge < -0.3 is 15.0 Å². The van der Waals surface area contributed by atoms with Gasteiger partial charge in [-0.15, -0.1) is 0 Å². The molecule has 3 heterocycles. The van der Waals surface area contributed by atoms with Crippen LogP contribution in [-0.2, 0) is 31.9 Å².